The van der Waals surface area contributed by atoms with Crippen LogP contribution < -0.4 is 10.1 Å². The second-order valence-electron chi connectivity index (χ2n) is 8.60. The molecule has 0 spiro atoms. The fourth-order valence-corrected chi connectivity index (χ4v) is 4.12. The number of hydrogen-bond acceptors (Lipinski definition) is 4. The lowest BCUT2D eigenvalue weighted by atomic mass is 9.96. The second-order valence-corrected chi connectivity index (χ2v) is 8.98. The zero-order valence-corrected chi connectivity index (χ0v) is 21.0. The summed E-state index contributed by atoms with van der Waals surface area (Å²) in [6.45, 7) is 10.6. The Balaban J connectivity index is 1.97. The van der Waals surface area contributed by atoms with Crippen LogP contribution in [0.3, 0.4) is 0 Å². The number of allylic oxidation sites excluding steroid dienone is 1. The van der Waals surface area contributed by atoms with Crippen LogP contribution in [0.15, 0.2) is 54.9 Å². The standard InChI is InChI=1S/C26H27ClF3N3O3/c1-14(2)32-21(20-7-9-23(24(27)16(20)4)36-17(5)25(34)35)13-19-10-11-31-33(19)22-8-6-18(12-15(22)3)26(28,29)30/h6-12,17,21,32H,1,13H2,2-5H3,(H,34,35). The highest BCUT2D eigenvalue weighted by Gasteiger charge is 2.31. The lowest BCUT2D eigenvalue weighted by Crippen LogP contribution is -2.25. The third kappa shape index (κ3) is 6.02. The molecular weight excluding hydrogens is 495 g/mol. The average Bonchev–Trinajstić information content (AvgIpc) is 3.23. The van der Waals surface area contributed by atoms with Gasteiger partial charge in [0.1, 0.15) is 5.75 Å². The number of aryl methyl sites for hydroxylation is 1. The molecule has 0 aliphatic carbocycles. The zero-order chi connectivity index (χ0) is 26.8. The van der Waals surface area contributed by atoms with Gasteiger partial charge in [0.05, 0.1) is 22.3 Å². The summed E-state index contributed by atoms with van der Waals surface area (Å²) in [7, 11) is 0. The first-order valence-electron chi connectivity index (χ1n) is 11.1. The quantitative estimate of drug-likeness (QED) is 0.340. The molecule has 2 aromatic carbocycles. The third-order valence-electron chi connectivity index (χ3n) is 5.73. The fraction of sp³-hybridized carbons (Fsp3) is 0.308. The lowest BCUT2D eigenvalue weighted by Gasteiger charge is -2.24. The van der Waals surface area contributed by atoms with E-state index in [2.05, 4.69) is 17.0 Å². The van der Waals surface area contributed by atoms with Crippen LogP contribution in [-0.2, 0) is 17.4 Å². The number of hydrogen-bond donors (Lipinski definition) is 2. The Labute approximate surface area is 212 Å². The topological polar surface area (TPSA) is 76.4 Å². The molecule has 0 aliphatic heterocycles. The number of carboxylic acid groups (broad SMARTS) is 1. The normalized spacial score (nSPS) is 13.2. The Hall–Kier alpha value is -3.46. The number of carboxylic acids is 1. The third-order valence-corrected chi connectivity index (χ3v) is 6.20. The van der Waals surface area contributed by atoms with Crippen LogP contribution in [0, 0.1) is 13.8 Å². The first-order valence-corrected chi connectivity index (χ1v) is 11.5. The van der Waals surface area contributed by atoms with Gasteiger partial charge in [-0.05, 0) is 74.7 Å². The summed E-state index contributed by atoms with van der Waals surface area (Å²) >= 11 is 6.53. The molecule has 0 radical (unpaired) electrons. The highest BCUT2D eigenvalue weighted by Crippen LogP contribution is 2.36. The predicted octanol–water partition coefficient (Wildman–Crippen LogP) is 6.42. The van der Waals surface area contributed by atoms with Crippen LogP contribution in [0.25, 0.3) is 5.69 Å². The highest BCUT2D eigenvalue weighted by atomic mass is 35.5. The van der Waals surface area contributed by atoms with Gasteiger partial charge < -0.3 is 15.2 Å². The Morgan fingerprint density at radius 3 is 2.53 bits per heavy atom. The van der Waals surface area contributed by atoms with Gasteiger partial charge in [0.2, 0.25) is 0 Å². The van der Waals surface area contributed by atoms with Crippen molar-refractivity contribution in [2.75, 3.05) is 0 Å². The van der Waals surface area contributed by atoms with Crippen molar-refractivity contribution in [3.05, 3.63) is 87.8 Å². The number of nitrogens with zero attached hydrogens (tertiary/aromatic N) is 2. The van der Waals surface area contributed by atoms with Crippen LogP contribution in [0.4, 0.5) is 13.2 Å². The van der Waals surface area contributed by atoms with E-state index in [1.165, 1.54) is 13.0 Å². The molecule has 2 atom stereocenters. The summed E-state index contributed by atoms with van der Waals surface area (Å²) < 4.78 is 46.5. The summed E-state index contributed by atoms with van der Waals surface area (Å²) in [5.41, 5.74) is 3.24. The van der Waals surface area contributed by atoms with E-state index < -0.39 is 23.8 Å². The van der Waals surface area contributed by atoms with Crippen molar-refractivity contribution in [2.24, 2.45) is 0 Å². The molecule has 3 aromatic rings. The van der Waals surface area contributed by atoms with E-state index in [4.69, 9.17) is 21.4 Å². The number of ether oxygens (including phenoxy) is 1. The minimum absolute atomic E-state index is 0.257. The molecule has 0 saturated heterocycles. The van der Waals surface area contributed by atoms with E-state index in [1.807, 2.05) is 6.92 Å². The molecule has 0 amide bonds. The van der Waals surface area contributed by atoms with Gasteiger partial charge in [-0.1, -0.05) is 24.2 Å². The first-order chi connectivity index (χ1) is 16.8. The minimum Gasteiger partial charge on any atom is -0.479 e. The number of aliphatic carboxylic acids is 1. The number of benzene rings is 2. The van der Waals surface area contributed by atoms with Gasteiger partial charge in [-0.2, -0.15) is 18.3 Å². The van der Waals surface area contributed by atoms with Gasteiger partial charge in [0, 0.05) is 24.0 Å². The Bertz CT molecular complexity index is 1290. The van der Waals surface area contributed by atoms with Gasteiger partial charge in [-0.25, -0.2) is 9.48 Å². The van der Waals surface area contributed by atoms with Crippen molar-refractivity contribution in [3.63, 3.8) is 0 Å². The van der Waals surface area contributed by atoms with E-state index in [0.717, 1.165) is 23.4 Å². The molecule has 2 unspecified atom stereocenters. The van der Waals surface area contributed by atoms with E-state index in [-0.39, 0.29) is 11.8 Å². The van der Waals surface area contributed by atoms with Crippen molar-refractivity contribution >= 4 is 17.6 Å². The fourth-order valence-electron chi connectivity index (χ4n) is 3.90. The monoisotopic (exact) mass is 521 g/mol. The number of rotatable bonds is 9. The Kier molecular flexibility index (Phi) is 8.03. The van der Waals surface area contributed by atoms with Crippen LogP contribution in [0.1, 0.15) is 47.8 Å². The predicted molar refractivity (Wildman–Crippen MR) is 132 cm³/mol. The molecule has 1 heterocycles. The molecule has 36 heavy (non-hydrogen) atoms. The van der Waals surface area contributed by atoms with E-state index >= 15 is 0 Å². The summed E-state index contributed by atoms with van der Waals surface area (Å²) in [5, 5.41) is 17.1. The van der Waals surface area contributed by atoms with E-state index in [1.54, 1.807) is 42.9 Å². The molecule has 0 aliphatic rings. The van der Waals surface area contributed by atoms with E-state index in [0.29, 0.717) is 34.0 Å². The van der Waals surface area contributed by atoms with Gasteiger partial charge in [0.25, 0.3) is 0 Å². The number of halogens is 4. The molecule has 0 saturated carbocycles. The summed E-state index contributed by atoms with van der Waals surface area (Å²) in [6.07, 6.45) is -3.50. The molecule has 0 bridgehead atoms. The van der Waals surface area contributed by atoms with Crippen molar-refractivity contribution in [1.29, 1.82) is 0 Å². The van der Waals surface area contributed by atoms with Gasteiger partial charge in [-0.15, -0.1) is 0 Å². The SMILES string of the molecule is C=C(C)NC(Cc1ccnn1-c1ccc(C(F)(F)F)cc1C)c1ccc(OC(C)C(=O)O)c(Cl)c1C. The molecule has 3 rings (SSSR count). The van der Waals surface area contributed by atoms with Gasteiger partial charge in [0.15, 0.2) is 6.10 Å². The molecule has 2 N–H and O–H groups in total. The van der Waals surface area contributed by atoms with Crippen molar-refractivity contribution in [2.45, 2.75) is 52.4 Å². The Morgan fingerprint density at radius 1 is 1.25 bits per heavy atom. The molecule has 10 heteroatoms. The average molecular weight is 522 g/mol. The largest absolute Gasteiger partial charge is 0.479 e. The van der Waals surface area contributed by atoms with Crippen molar-refractivity contribution in [3.8, 4) is 11.4 Å². The van der Waals surface area contributed by atoms with E-state index in [9.17, 15) is 18.0 Å². The molecule has 1 aromatic heterocycles. The van der Waals surface area contributed by atoms with Crippen LogP contribution in [0.2, 0.25) is 5.02 Å². The smallest absolute Gasteiger partial charge is 0.416 e. The highest BCUT2D eigenvalue weighted by molar-refractivity contribution is 6.32. The minimum atomic E-state index is -4.43. The molecular formula is C26H27ClF3N3O3. The number of aromatic nitrogens is 2. The summed E-state index contributed by atoms with van der Waals surface area (Å²) in [4.78, 5) is 11.2. The van der Waals surface area contributed by atoms with Gasteiger partial charge in [-0.3, -0.25) is 0 Å². The molecule has 192 valence electrons. The maximum absolute atomic E-state index is 13.1. The maximum Gasteiger partial charge on any atom is 0.416 e. The van der Waals surface area contributed by atoms with Crippen LogP contribution >= 0.6 is 11.6 Å². The van der Waals surface area contributed by atoms with Crippen LogP contribution in [-0.4, -0.2) is 27.0 Å². The Morgan fingerprint density at radius 2 is 1.94 bits per heavy atom. The molecule has 6 nitrogen and oxygen atoms in total. The maximum atomic E-state index is 13.1. The van der Waals surface area contributed by atoms with Crippen molar-refractivity contribution < 1.29 is 27.8 Å². The number of alkyl halides is 3. The van der Waals surface area contributed by atoms with Crippen LogP contribution in [0.5, 0.6) is 5.75 Å². The van der Waals surface area contributed by atoms with Crippen molar-refractivity contribution in [1.82, 2.24) is 15.1 Å². The lowest BCUT2D eigenvalue weighted by molar-refractivity contribution is -0.144. The number of carbonyl (C=O) groups is 1. The number of nitrogens with one attached hydrogen (secondary N) is 1. The summed E-state index contributed by atoms with van der Waals surface area (Å²) in [6, 6.07) is 8.46. The first kappa shape index (κ1) is 27.1. The zero-order valence-electron chi connectivity index (χ0n) is 20.3. The van der Waals surface area contributed by atoms with Gasteiger partial charge >= 0.3 is 12.1 Å². The molecule has 0 fully saturated rings. The second kappa shape index (κ2) is 10.7. The summed E-state index contributed by atoms with van der Waals surface area (Å²) in [5.74, 6) is -0.853.